The van der Waals surface area contributed by atoms with Crippen molar-refractivity contribution >= 4 is 27.8 Å². The van der Waals surface area contributed by atoms with Gasteiger partial charge in [-0.1, -0.05) is 51.1 Å². The Bertz CT molecular complexity index is 496. The molecule has 1 saturated heterocycles. The number of rotatable bonds is 8. The normalized spacial score (nSPS) is 25.9. The Hall–Kier alpha value is -0.249. The lowest BCUT2D eigenvalue weighted by molar-refractivity contribution is -0.271. The maximum atomic E-state index is 6.46. The lowest BCUT2D eigenvalue weighted by Crippen LogP contribution is -2.53. The number of hydrogen-bond acceptors (Lipinski definition) is 3. The van der Waals surface area contributed by atoms with Crippen LogP contribution in [0.5, 0.6) is 0 Å². The summed E-state index contributed by atoms with van der Waals surface area (Å²) in [6.45, 7) is 11.3. The van der Waals surface area contributed by atoms with E-state index in [0.29, 0.717) is 11.5 Å². The van der Waals surface area contributed by atoms with Crippen LogP contribution in [-0.2, 0) is 13.3 Å². The fourth-order valence-corrected chi connectivity index (χ4v) is 8.00. The summed E-state index contributed by atoms with van der Waals surface area (Å²) in [7, 11) is -2.93. The molecule has 1 aromatic carbocycles. The minimum atomic E-state index is -1.64. The molecule has 0 aromatic heterocycles. The average molecular weight is 383 g/mol. The zero-order chi connectivity index (χ0) is 17.6. The molecule has 136 valence electrons. The summed E-state index contributed by atoms with van der Waals surface area (Å²) < 4.78 is 19.2. The monoisotopic (exact) mass is 382 g/mol. The molecule has 1 aliphatic heterocycles. The van der Waals surface area contributed by atoms with Gasteiger partial charge in [0.2, 0.25) is 0 Å². The number of benzene rings is 1. The highest BCUT2D eigenvalue weighted by Crippen LogP contribution is 2.36. The largest absolute Gasteiger partial charge is 0.378 e. The third-order valence-corrected chi connectivity index (χ3v) is 10.0. The predicted octanol–water partition coefficient (Wildman–Crippen LogP) is 3.91. The van der Waals surface area contributed by atoms with E-state index in [2.05, 4.69) is 64.2 Å². The van der Waals surface area contributed by atoms with Crippen LogP contribution in [0.2, 0.25) is 30.7 Å². The Morgan fingerprint density at radius 2 is 1.88 bits per heavy atom. The van der Waals surface area contributed by atoms with Crippen LogP contribution in [-0.4, -0.2) is 33.8 Å². The van der Waals surface area contributed by atoms with E-state index in [1.807, 2.05) is 0 Å². The third-order valence-electron chi connectivity index (χ3n) is 4.57. The van der Waals surface area contributed by atoms with Crippen molar-refractivity contribution in [2.24, 2.45) is 0 Å². The van der Waals surface area contributed by atoms with E-state index in [1.165, 1.54) is 18.0 Å². The quantitative estimate of drug-likeness (QED) is 0.504. The van der Waals surface area contributed by atoms with Gasteiger partial charge in [0.1, 0.15) is 0 Å². The first kappa shape index (κ1) is 20.1. The van der Waals surface area contributed by atoms with E-state index >= 15 is 0 Å². The van der Waals surface area contributed by atoms with Gasteiger partial charge in [-0.25, -0.2) is 0 Å². The van der Waals surface area contributed by atoms with E-state index in [0.717, 1.165) is 12.5 Å². The first-order chi connectivity index (χ1) is 11.3. The van der Waals surface area contributed by atoms with Crippen LogP contribution in [0.3, 0.4) is 0 Å². The summed E-state index contributed by atoms with van der Waals surface area (Å²) in [5.41, 5.74) is 2.03. The van der Waals surface area contributed by atoms with Crippen LogP contribution in [0, 0.1) is 0 Å². The third kappa shape index (κ3) is 6.24. The summed E-state index contributed by atoms with van der Waals surface area (Å²) in [5.74, 6) is -0.140. The van der Waals surface area contributed by atoms with Crippen LogP contribution in [0.1, 0.15) is 45.1 Å². The summed E-state index contributed by atoms with van der Waals surface area (Å²) in [6, 6.07) is 13.1. The lowest BCUT2D eigenvalue weighted by atomic mass is 10.0. The van der Waals surface area contributed by atoms with Gasteiger partial charge in [-0.2, -0.15) is 0 Å². The second kappa shape index (κ2) is 8.91. The zero-order valence-electron chi connectivity index (χ0n) is 16.0. The van der Waals surface area contributed by atoms with Gasteiger partial charge < -0.3 is 13.3 Å². The molecular formula is C18H34O3Si3. The van der Waals surface area contributed by atoms with Gasteiger partial charge in [-0.3, -0.25) is 0 Å². The molecule has 2 atom stereocenters. The second-order valence-corrected chi connectivity index (χ2v) is 15.8. The highest BCUT2D eigenvalue weighted by atomic mass is 28.4. The molecule has 0 bridgehead atoms. The van der Waals surface area contributed by atoms with Gasteiger partial charge in [0, 0.05) is 6.42 Å². The summed E-state index contributed by atoms with van der Waals surface area (Å²) in [5, 5.41) is 0. The van der Waals surface area contributed by atoms with Crippen molar-refractivity contribution in [3.63, 3.8) is 0 Å². The molecule has 2 unspecified atom stereocenters. The first-order valence-electron chi connectivity index (χ1n) is 9.35. The standard InChI is InChI=1S/C18H34O3Si3/c1-15(2)23-20-18(12-9-13-24(4,5)21-18)19-22-14-16(3)17-10-7-6-8-11-17/h6-8,10-11,15-16H,9,12-14,22-23H2,1-5H3. The number of hydrogen-bond donors (Lipinski definition) is 0. The van der Waals surface area contributed by atoms with Crippen molar-refractivity contribution in [3.8, 4) is 0 Å². The van der Waals surface area contributed by atoms with Crippen molar-refractivity contribution < 1.29 is 13.3 Å². The van der Waals surface area contributed by atoms with E-state index < -0.39 is 33.8 Å². The van der Waals surface area contributed by atoms with Gasteiger partial charge in [0.05, 0.1) is 0 Å². The fourth-order valence-electron chi connectivity index (χ4n) is 3.13. The molecular weight excluding hydrogens is 348 g/mol. The van der Waals surface area contributed by atoms with Gasteiger partial charge in [-0.05, 0) is 48.6 Å². The molecule has 24 heavy (non-hydrogen) atoms. The molecule has 0 saturated carbocycles. The van der Waals surface area contributed by atoms with Crippen molar-refractivity contribution in [2.45, 2.75) is 76.2 Å². The zero-order valence-corrected chi connectivity index (χ0v) is 19.8. The Morgan fingerprint density at radius 1 is 1.17 bits per heavy atom. The topological polar surface area (TPSA) is 27.7 Å². The van der Waals surface area contributed by atoms with Crippen molar-refractivity contribution in [1.29, 1.82) is 0 Å². The molecule has 0 amide bonds. The van der Waals surface area contributed by atoms with Crippen LogP contribution < -0.4 is 0 Å². The van der Waals surface area contributed by atoms with E-state index in [4.69, 9.17) is 13.3 Å². The van der Waals surface area contributed by atoms with Crippen molar-refractivity contribution in [3.05, 3.63) is 35.9 Å². The van der Waals surface area contributed by atoms with Crippen LogP contribution in [0.4, 0.5) is 0 Å². The minimum Gasteiger partial charge on any atom is -0.378 e. The Morgan fingerprint density at radius 3 is 2.50 bits per heavy atom. The summed E-state index contributed by atoms with van der Waals surface area (Å²) in [6.07, 6.45) is 2.09. The minimum absolute atomic E-state index is 0.547. The fraction of sp³-hybridized carbons (Fsp3) is 0.667. The van der Waals surface area contributed by atoms with Crippen LogP contribution in [0.25, 0.3) is 0 Å². The van der Waals surface area contributed by atoms with Gasteiger partial charge in [0.25, 0.3) is 5.97 Å². The molecule has 1 heterocycles. The molecule has 0 radical (unpaired) electrons. The van der Waals surface area contributed by atoms with Gasteiger partial charge in [-0.15, -0.1) is 0 Å². The second-order valence-electron chi connectivity index (χ2n) is 8.05. The van der Waals surface area contributed by atoms with Crippen molar-refractivity contribution in [2.75, 3.05) is 0 Å². The van der Waals surface area contributed by atoms with E-state index in [1.54, 1.807) is 0 Å². The SMILES string of the molecule is CC(C)[SiH2]OC1(O[SiH2]CC(C)c2ccccc2)CCC[Si](C)(C)O1. The van der Waals surface area contributed by atoms with Crippen molar-refractivity contribution in [1.82, 2.24) is 0 Å². The lowest BCUT2D eigenvalue weighted by Gasteiger charge is -2.44. The van der Waals surface area contributed by atoms with E-state index in [9.17, 15) is 0 Å². The van der Waals surface area contributed by atoms with Gasteiger partial charge >= 0.3 is 0 Å². The Labute approximate surface area is 153 Å². The molecule has 1 fully saturated rings. The van der Waals surface area contributed by atoms with Gasteiger partial charge in [0.15, 0.2) is 27.8 Å². The summed E-state index contributed by atoms with van der Waals surface area (Å²) >= 11 is 0. The maximum absolute atomic E-state index is 6.46. The Balaban J connectivity index is 1.93. The van der Waals surface area contributed by atoms with E-state index in [-0.39, 0.29) is 0 Å². The molecule has 1 aliphatic rings. The molecule has 6 heteroatoms. The average Bonchev–Trinajstić information content (AvgIpc) is 2.53. The molecule has 1 aromatic rings. The first-order valence-corrected chi connectivity index (χ1v) is 15.4. The molecule has 3 nitrogen and oxygen atoms in total. The van der Waals surface area contributed by atoms with Crippen LogP contribution >= 0.6 is 0 Å². The maximum Gasteiger partial charge on any atom is 0.253 e. The molecule has 0 spiro atoms. The Kier molecular flexibility index (Phi) is 7.45. The highest BCUT2D eigenvalue weighted by Gasteiger charge is 2.43. The highest BCUT2D eigenvalue weighted by molar-refractivity contribution is 6.71. The smallest absolute Gasteiger partial charge is 0.253 e. The van der Waals surface area contributed by atoms with Crippen LogP contribution in [0.15, 0.2) is 30.3 Å². The summed E-state index contributed by atoms with van der Waals surface area (Å²) in [4.78, 5) is 0. The predicted molar refractivity (Wildman–Crippen MR) is 109 cm³/mol. The molecule has 0 aliphatic carbocycles. The molecule has 2 rings (SSSR count). The molecule has 0 N–H and O–H groups in total.